The van der Waals surface area contributed by atoms with Crippen molar-refractivity contribution >= 4 is 11.6 Å². The highest BCUT2D eigenvalue weighted by atomic mass is 16.2. The Morgan fingerprint density at radius 3 is 2.67 bits per heavy atom. The number of nitrogens with zero attached hydrogens (tertiary/aromatic N) is 3. The lowest BCUT2D eigenvalue weighted by atomic mass is 10.1. The Kier molecular flexibility index (Phi) is 4.37. The molecule has 1 aliphatic rings. The summed E-state index contributed by atoms with van der Waals surface area (Å²) in [6.45, 7) is -0.174. The van der Waals surface area contributed by atoms with Crippen molar-refractivity contribution in [1.82, 2.24) is 20.0 Å². The molecule has 1 saturated carbocycles. The number of carbonyl (C=O) groups is 1. The minimum absolute atomic E-state index is 0.174. The molecule has 0 atom stereocenters. The largest absolute Gasteiger partial charge is 0.324 e. The van der Waals surface area contributed by atoms with E-state index in [9.17, 15) is 14.4 Å². The van der Waals surface area contributed by atoms with Crippen LogP contribution in [0.4, 0.5) is 5.69 Å². The molecule has 0 bridgehead atoms. The zero-order valence-electron chi connectivity index (χ0n) is 14.4. The highest BCUT2D eigenvalue weighted by Gasteiger charge is 2.25. The molecule has 0 unspecified atom stereocenters. The number of rotatable bonds is 5. The van der Waals surface area contributed by atoms with Crippen LogP contribution >= 0.6 is 0 Å². The fourth-order valence-electron chi connectivity index (χ4n) is 2.81. The molecule has 2 aromatic heterocycles. The molecule has 4 rings (SSSR count). The Labute approximate surface area is 153 Å². The van der Waals surface area contributed by atoms with E-state index >= 15 is 0 Å². The number of para-hydroxylation sites is 1. The van der Waals surface area contributed by atoms with Gasteiger partial charge in [0.25, 0.3) is 11.1 Å². The van der Waals surface area contributed by atoms with Gasteiger partial charge in [0, 0.05) is 23.6 Å². The van der Waals surface area contributed by atoms with Crippen LogP contribution in [0.25, 0.3) is 11.3 Å². The third-order valence-electron chi connectivity index (χ3n) is 4.33. The summed E-state index contributed by atoms with van der Waals surface area (Å²) in [6.07, 6.45) is 2.13. The number of carbonyl (C=O) groups excluding carboxylic acids is 1. The Morgan fingerprint density at radius 2 is 1.93 bits per heavy atom. The van der Waals surface area contributed by atoms with Gasteiger partial charge < -0.3 is 5.32 Å². The molecule has 1 aliphatic carbocycles. The van der Waals surface area contributed by atoms with E-state index in [1.807, 2.05) is 6.07 Å². The molecule has 1 amide bonds. The molecule has 3 aromatic rings. The molecule has 136 valence electrons. The van der Waals surface area contributed by atoms with Gasteiger partial charge in [0.15, 0.2) is 0 Å². The maximum Gasteiger partial charge on any atom is 0.267 e. The average molecular weight is 363 g/mol. The fourth-order valence-corrected chi connectivity index (χ4v) is 2.81. The van der Waals surface area contributed by atoms with Crippen molar-refractivity contribution in [3.05, 3.63) is 74.9 Å². The number of amides is 1. The minimum Gasteiger partial charge on any atom is -0.324 e. The molecule has 0 saturated heterocycles. The number of hydrogen-bond acceptors (Lipinski definition) is 5. The van der Waals surface area contributed by atoms with Crippen molar-refractivity contribution in [2.75, 3.05) is 5.32 Å². The quantitative estimate of drug-likeness (QED) is 0.714. The summed E-state index contributed by atoms with van der Waals surface area (Å²) in [6, 6.07) is 13.2. The first kappa shape index (κ1) is 16.9. The highest BCUT2D eigenvalue weighted by Crippen LogP contribution is 2.38. The summed E-state index contributed by atoms with van der Waals surface area (Å²) in [4.78, 5) is 35.7. The van der Waals surface area contributed by atoms with E-state index in [4.69, 9.17) is 0 Å². The lowest BCUT2D eigenvalue weighted by Gasteiger charge is -2.11. The summed E-state index contributed by atoms with van der Waals surface area (Å²) in [5.74, 6) is 0.0290. The van der Waals surface area contributed by atoms with E-state index in [-0.39, 0.29) is 23.6 Å². The maximum atomic E-state index is 12.5. The van der Waals surface area contributed by atoms with Gasteiger partial charge in [0.1, 0.15) is 6.54 Å². The number of aromatic amines is 1. The van der Waals surface area contributed by atoms with Gasteiger partial charge in [0.05, 0.1) is 17.1 Å². The van der Waals surface area contributed by atoms with E-state index in [2.05, 4.69) is 20.6 Å². The van der Waals surface area contributed by atoms with E-state index in [1.165, 1.54) is 16.8 Å². The highest BCUT2D eigenvalue weighted by molar-refractivity contribution is 5.94. The van der Waals surface area contributed by atoms with Crippen LogP contribution in [-0.2, 0) is 11.3 Å². The number of benzene rings is 1. The summed E-state index contributed by atoms with van der Waals surface area (Å²) in [7, 11) is 0. The molecular weight excluding hydrogens is 346 g/mol. The van der Waals surface area contributed by atoms with Crippen molar-refractivity contribution in [3.63, 3.8) is 0 Å². The van der Waals surface area contributed by atoms with Crippen molar-refractivity contribution in [2.24, 2.45) is 0 Å². The van der Waals surface area contributed by atoms with Crippen molar-refractivity contribution in [3.8, 4) is 11.3 Å². The molecule has 2 N–H and O–H groups in total. The molecule has 8 heteroatoms. The predicted molar refractivity (Wildman–Crippen MR) is 99.4 cm³/mol. The zero-order valence-corrected chi connectivity index (χ0v) is 14.4. The molecule has 0 spiro atoms. The molecule has 0 aliphatic heterocycles. The van der Waals surface area contributed by atoms with Crippen molar-refractivity contribution in [2.45, 2.75) is 25.3 Å². The van der Waals surface area contributed by atoms with Crippen LogP contribution in [0.1, 0.15) is 24.5 Å². The van der Waals surface area contributed by atoms with Crippen LogP contribution in [0.3, 0.4) is 0 Å². The standard InChI is InChI=1S/C19H17N5O3/c25-17-9-7-16(21-22-17)13-3-1-2-4-15(13)20-18(26)11-24-19(27)10-8-14(23-24)12-5-6-12/h1-4,7-10,12H,5-6,11H2,(H,20,26)(H,22,25). The van der Waals surface area contributed by atoms with E-state index in [1.54, 1.807) is 30.3 Å². The molecular formula is C19H17N5O3. The van der Waals surface area contributed by atoms with Crippen molar-refractivity contribution < 1.29 is 4.79 Å². The van der Waals surface area contributed by atoms with Gasteiger partial charge in [-0.2, -0.15) is 10.2 Å². The number of aromatic nitrogens is 4. The van der Waals surface area contributed by atoms with Crippen LogP contribution in [0.15, 0.2) is 58.1 Å². The maximum absolute atomic E-state index is 12.5. The monoisotopic (exact) mass is 363 g/mol. The van der Waals surface area contributed by atoms with Gasteiger partial charge in [-0.05, 0) is 31.0 Å². The first-order chi connectivity index (χ1) is 13.1. The van der Waals surface area contributed by atoms with E-state index in [0.29, 0.717) is 22.9 Å². The van der Waals surface area contributed by atoms with Crippen molar-refractivity contribution in [1.29, 1.82) is 0 Å². The predicted octanol–water partition coefficient (Wildman–Crippen LogP) is 1.51. The van der Waals surface area contributed by atoms with Gasteiger partial charge in [0.2, 0.25) is 5.91 Å². The summed E-state index contributed by atoms with van der Waals surface area (Å²) in [5.41, 5.74) is 1.95. The Hall–Kier alpha value is -3.55. The molecule has 27 heavy (non-hydrogen) atoms. The fraction of sp³-hybridized carbons (Fsp3) is 0.211. The van der Waals surface area contributed by atoms with Crippen LogP contribution in [0.2, 0.25) is 0 Å². The summed E-state index contributed by atoms with van der Waals surface area (Å²) >= 11 is 0. The van der Waals surface area contributed by atoms with E-state index in [0.717, 1.165) is 18.5 Å². The first-order valence-corrected chi connectivity index (χ1v) is 8.63. The third kappa shape index (κ3) is 3.84. The molecule has 1 aromatic carbocycles. The minimum atomic E-state index is -0.366. The number of hydrogen-bond donors (Lipinski definition) is 2. The number of nitrogens with one attached hydrogen (secondary N) is 2. The van der Waals surface area contributed by atoms with Crippen LogP contribution in [-0.4, -0.2) is 25.9 Å². The summed E-state index contributed by atoms with van der Waals surface area (Å²) < 4.78 is 1.18. The number of H-pyrrole nitrogens is 1. The van der Waals surface area contributed by atoms with Gasteiger partial charge >= 0.3 is 0 Å². The average Bonchev–Trinajstić information content (AvgIpc) is 3.50. The Morgan fingerprint density at radius 1 is 1.11 bits per heavy atom. The molecule has 2 heterocycles. The third-order valence-corrected chi connectivity index (χ3v) is 4.33. The second-order valence-corrected chi connectivity index (χ2v) is 6.43. The van der Waals surface area contributed by atoms with Crippen LogP contribution in [0.5, 0.6) is 0 Å². The SMILES string of the molecule is O=C(Cn1nc(C2CC2)ccc1=O)Nc1ccccc1-c1ccc(=O)[nH]n1. The lowest BCUT2D eigenvalue weighted by Crippen LogP contribution is -2.29. The van der Waals surface area contributed by atoms with Gasteiger partial charge in [-0.3, -0.25) is 14.4 Å². The molecule has 0 radical (unpaired) electrons. The topological polar surface area (TPSA) is 110 Å². The Balaban J connectivity index is 1.55. The van der Waals surface area contributed by atoms with Gasteiger partial charge in [-0.25, -0.2) is 9.78 Å². The number of anilines is 1. The van der Waals surface area contributed by atoms with E-state index < -0.39 is 0 Å². The summed E-state index contributed by atoms with van der Waals surface area (Å²) in [5, 5.41) is 13.5. The van der Waals surface area contributed by atoms with Gasteiger partial charge in [-0.15, -0.1) is 0 Å². The molecule has 1 fully saturated rings. The zero-order chi connectivity index (χ0) is 18.8. The normalized spacial score (nSPS) is 13.3. The smallest absolute Gasteiger partial charge is 0.267 e. The van der Waals surface area contributed by atoms with Gasteiger partial charge in [-0.1, -0.05) is 18.2 Å². The Bertz CT molecular complexity index is 1090. The second kappa shape index (κ2) is 6.99. The van der Waals surface area contributed by atoms with Crippen LogP contribution in [0, 0.1) is 0 Å². The van der Waals surface area contributed by atoms with Crippen LogP contribution < -0.4 is 16.4 Å². The second-order valence-electron chi connectivity index (χ2n) is 6.43. The lowest BCUT2D eigenvalue weighted by molar-refractivity contribution is -0.117. The first-order valence-electron chi connectivity index (χ1n) is 8.63. The molecule has 8 nitrogen and oxygen atoms in total.